The summed E-state index contributed by atoms with van der Waals surface area (Å²) in [4.78, 5) is 36.9. The topological polar surface area (TPSA) is 118 Å². The van der Waals surface area contributed by atoms with Crippen LogP contribution in [-0.2, 0) is 29.3 Å². The Morgan fingerprint density at radius 2 is 2.00 bits per heavy atom. The van der Waals surface area contributed by atoms with Crippen LogP contribution in [0.5, 0.6) is 0 Å². The van der Waals surface area contributed by atoms with Gasteiger partial charge in [-0.05, 0) is 0 Å². The van der Waals surface area contributed by atoms with Gasteiger partial charge in [0.05, 0.1) is 6.42 Å². The molecule has 0 aliphatic carbocycles. The maximum atomic E-state index is 11.2. The Balaban J connectivity index is 0.00000225. The molecular formula is C6H7NNaO7S. The van der Waals surface area contributed by atoms with Gasteiger partial charge in [0.25, 0.3) is 21.9 Å². The minimum Gasteiger partial charge on any atom is -0.331 e. The molecule has 2 amide bonds. The summed E-state index contributed by atoms with van der Waals surface area (Å²) in [7, 11) is -4.66. The van der Waals surface area contributed by atoms with Crippen molar-refractivity contribution in [2.75, 3.05) is 0 Å². The van der Waals surface area contributed by atoms with E-state index in [2.05, 4.69) is 4.84 Å². The van der Waals surface area contributed by atoms with Crippen molar-refractivity contribution in [1.29, 1.82) is 0 Å². The quantitative estimate of drug-likeness (QED) is 0.350. The van der Waals surface area contributed by atoms with Crippen molar-refractivity contribution in [1.82, 2.24) is 5.06 Å². The second-order valence-electron chi connectivity index (χ2n) is 2.82. The summed E-state index contributed by atoms with van der Waals surface area (Å²) in [5, 5.41) is -1.84. The Morgan fingerprint density at radius 1 is 1.50 bits per heavy atom. The van der Waals surface area contributed by atoms with Crippen molar-refractivity contribution in [3.05, 3.63) is 0 Å². The normalized spacial score (nSPS) is 20.6. The van der Waals surface area contributed by atoms with Crippen LogP contribution in [-0.4, -0.2) is 70.6 Å². The summed E-state index contributed by atoms with van der Waals surface area (Å²) in [5.74, 6) is -3.19. The molecule has 8 nitrogen and oxygen atoms in total. The van der Waals surface area contributed by atoms with Crippen molar-refractivity contribution in [3.63, 3.8) is 0 Å². The zero-order valence-corrected chi connectivity index (χ0v) is 11.4. The first kappa shape index (κ1) is 15.5. The van der Waals surface area contributed by atoms with Crippen LogP contribution >= 0.6 is 0 Å². The van der Waals surface area contributed by atoms with E-state index in [1.54, 1.807) is 0 Å². The van der Waals surface area contributed by atoms with E-state index in [1.807, 2.05) is 0 Å². The van der Waals surface area contributed by atoms with Crippen LogP contribution in [0.1, 0.15) is 13.3 Å². The number of nitrogens with zero attached hydrogens (tertiary/aromatic N) is 1. The fourth-order valence-corrected chi connectivity index (χ4v) is 1.74. The molecule has 0 aromatic rings. The third-order valence-corrected chi connectivity index (χ3v) is 2.73. The molecule has 1 rings (SSSR count). The van der Waals surface area contributed by atoms with E-state index in [1.165, 1.54) is 0 Å². The van der Waals surface area contributed by atoms with Gasteiger partial charge >= 0.3 is 5.97 Å². The van der Waals surface area contributed by atoms with Crippen LogP contribution in [0.2, 0.25) is 0 Å². The van der Waals surface area contributed by atoms with E-state index in [0.717, 1.165) is 6.92 Å². The van der Waals surface area contributed by atoms with Gasteiger partial charge in [0, 0.05) is 36.5 Å². The molecule has 1 saturated heterocycles. The van der Waals surface area contributed by atoms with Crippen molar-refractivity contribution < 1.29 is 32.2 Å². The third kappa shape index (κ3) is 3.25. The number of hydrogen-bond donors (Lipinski definition) is 1. The van der Waals surface area contributed by atoms with Crippen molar-refractivity contribution in [2.45, 2.75) is 18.6 Å². The molecular weight excluding hydrogens is 253 g/mol. The molecule has 1 radical (unpaired) electrons. The largest absolute Gasteiger partial charge is 0.331 e. The Hall–Kier alpha value is -0.480. The number of carbonyl (C=O) groups is 3. The molecule has 0 bridgehead atoms. The second kappa shape index (κ2) is 5.23. The summed E-state index contributed by atoms with van der Waals surface area (Å²) in [6.45, 7) is 0.946. The number of imide groups is 1. The molecule has 16 heavy (non-hydrogen) atoms. The fourth-order valence-electron chi connectivity index (χ4n) is 1.04. The van der Waals surface area contributed by atoms with E-state index >= 15 is 0 Å². The van der Waals surface area contributed by atoms with Crippen molar-refractivity contribution in [3.8, 4) is 0 Å². The Bertz CT molecular complexity index is 430. The molecule has 1 aliphatic rings. The maximum Gasteiger partial charge on any atom is 0.330 e. The number of carbonyl (C=O) groups excluding carboxylic acids is 3. The van der Waals surface area contributed by atoms with Crippen molar-refractivity contribution in [2.24, 2.45) is 0 Å². The molecule has 0 spiro atoms. The molecule has 1 atom stereocenters. The van der Waals surface area contributed by atoms with Gasteiger partial charge in [0.1, 0.15) is 0 Å². The number of hydroxylamine groups is 2. The fraction of sp³-hybridized carbons (Fsp3) is 0.500. The van der Waals surface area contributed by atoms with Gasteiger partial charge in [0.15, 0.2) is 5.25 Å². The second-order valence-corrected chi connectivity index (χ2v) is 4.42. The Morgan fingerprint density at radius 3 is 2.31 bits per heavy atom. The predicted octanol–water partition coefficient (Wildman–Crippen LogP) is -1.90. The van der Waals surface area contributed by atoms with Gasteiger partial charge in [-0.1, -0.05) is 0 Å². The van der Waals surface area contributed by atoms with E-state index in [0.29, 0.717) is 0 Å². The molecule has 1 N–H and O–H groups in total. The van der Waals surface area contributed by atoms with Crippen LogP contribution in [0.15, 0.2) is 0 Å². The molecule has 1 unspecified atom stereocenters. The molecule has 10 heteroatoms. The maximum absolute atomic E-state index is 11.2. The van der Waals surface area contributed by atoms with E-state index in [4.69, 9.17) is 4.55 Å². The first-order chi connectivity index (χ1) is 6.73. The van der Waals surface area contributed by atoms with Crippen LogP contribution in [0.4, 0.5) is 0 Å². The summed E-state index contributed by atoms with van der Waals surface area (Å²) >= 11 is 0. The average Bonchev–Trinajstić information content (AvgIpc) is 2.30. The predicted molar refractivity (Wildman–Crippen MR) is 49.3 cm³/mol. The van der Waals surface area contributed by atoms with E-state index in [-0.39, 0.29) is 34.6 Å². The number of rotatable bonds is 2. The summed E-state index contributed by atoms with van der Waals surface area (Å²) in [6, 6.07) is 0. The SMILES string of the molecule is CC(=O)ON1C(=O)CC(S(=O)(=O)O)C1=O.[Na]. The smallest absolute Gasteiger partial charge is 0.330 e. The number of hydrogen-bond acceptors (Lipinski definition) is 6. The molecule has 85 valence electrons. The van der Waals surface area contributed by atoms with Crippen molar-refractivity contribution >= 4 is 57.5 Å². The minimum atomic E-state index is -4.66. The minimum absolute atomic E-state index is 0. The molecule has 0 saturated carbocycles. The van der Waals surface area contributed by atoms with Gasteiger partial charge in [-0.2, -0.15) is 8.42 Å². The first-order valence-corrected chi connectivity index (χ1v) is 5.25. The van der Waals surface area contributed by atoms with Gasteiger partial charge < -0.3 is 4.84 Å². The van der Waals surface area contributed by atoms with E-state index in [9.17, 15) is 22.8 Å². The molecule has 1 aliphatic heterocycles. The zero-order chi connectivity index (χ0) is 11.8. The van der Waals surface area contributed by atoms with Gasteiger partial charge in [-0.3, -0.25) is 14.1 Å². The van der Waals surface area contributed by atoms with Gasteiger partial charge in [-0.15, -0.1) is 5.06 Å². The summed E-state index contributed by atoms with van der Waals surface area (Å²) < 4.78 is 29.9. The first-order valence-electron chi connectivity index (χ1n) is 3.75. The monoisotopic (exact) mass is 260 g/mol. The van der Waals surface area contributed by atoms with Crippen LogP contribution in [0.3, 0.4) is 0 Å². The Labute approximate surface area is 113 Å². The Kier molecular flexibility index (Phi) is 5.08. The summed E-state index contributed by atoms with van der Waals surface area (Å²) in [6.07, 6.45) is -0.731. The van der Waals surface area contributed by atoms with Crippen LogP contribution in [0.25, 0.3) is 0 Å². The standard InChI is InChI=1S/C6H7NO7S.Na/c1-3(8)14-7-5(9)2-4(6(7)10)15(11,12)13;/h4H,2H2,1H3,(H,11,12,13);. The molecule has 1 fully saturated rings. The molecule has 0 aromatic heterocycles. The van der Waals surface area contributed by atoms with Gasteiger partial charge in [0.2, 0.25) is 0 Å². The van der Waals surface area contributed by atoms with E-state index < -0.39 is 39.6 Å². The number of amides is 2. The summed E-state index contributed by atoms with van der Waals surface area (Å²) in [5.41, 5.74) is 0. The average molecular weight is 260 g/mol. The van der Waals surface area contributed by atoms with Gasteiger partial charge in [-0.25, -0.2) is 4.79 Å². The molecule has 0 aromatic carbocycles. The van der Waals surface area contributed by atoms with Crippen LogP contribution < -0.4 is 0 Å². The molecule has 1 heterocycles. The zero-order valence-electron chi connectivity index (χ0n) is 8.54. The third-order valence-electron chi connectivity index (χ3n) is 1.64. The van der Waals surface area contributed by atoms with Crippen LogP contribution in [0, 0.1) is 0 Å².